The van der Waals surface area contributed by atoms with Crippen LogP contribution in [-0.4, -0.2) is 29.9 Å². The van der Waals surface area contributed by atoms with Gasteiger partial charge in [-0.25, -0.2) is 34.3 Å². The average Bonchev–Trinajstić information content (AvgIpc) is 3.09. The van der Waals surface area contributed by atoms with E-state index in [-0.39, 0.29) is 11.4 Å². The molecule has 0 amide bonds. The SMILES string of the molecule is Fc1ccc(-c2nc(-c3ccccc3)nc(-c3ccccc3)n2)cc1-c1nc(-c2ccccc2)nc(-c2ccccc2)n1. The Morgan fingerprint density at radius 2 is 0.605 bits per heavy atom. The van der Waals surface area contributed by atoms with Gasteiger partial charge in [0, 0.05) is 27.8 Å². The fraction of sp³-hybridized carbons (Fsp3) is 0. The molecule has 0 saturated heterocycles. The third-order valence-corrected chi connectivity index (χ3v) is 6.86. The first-order valence-corrected chi connectivity index (χ1v) is 13.8. The monoisotopic (exact) mass is 558 g/mol. The van der Waals surface area contributed by atoms with Crippen LogP contribution in [0.4, 0.5) is 4.39 Å². The zero-order chi connectivity index (χ0) is 29.0. The molecule has 2 heterocycles. The largest absolute Gasteiger partial charge is 0.208 e. The Morgan fingerprint density at radius 3 is 0.953 bits per heavy atom. The van der Waals surface area contributed by atoms with Crippen LogP contribution < -0.4 is 0 Å². The maximum Gasteiger partial charge on any atom is 0.167 e. The molecule has 7 rings (SSSR count). The highest BCUT2D eigenvalue weighted by molar-refractivity contribution is 5.72. The van der Waals surface area contributed by atoms with Gasteiger partial charge in [-0.15, -0.1) is 0 Å². The molecule has 2 aromatic heterocycles. The predicted octanol–water partition coefficient (Wildman–Crippen LogP) is 8.20. The summed E-state index contributed by atoms with van der Waals surface area (Å²) in [6.07, 6.45) is 0. The lowest BCUT2D eigenvalue weighted by Gasteiger charge is -2.11. The molecular formula is C36H23FN6. The van der Waals surface area contributed by atoms with Crippen LogP contribution in [-0.2, 0) is 0 Å². The molecular weight excluding hydrogens is 535 g/mol. The van der Waals surface area contributed by atoms with Gasteiger partial charge in [0.2, 0.25) is 0 Å². The number of benzene rings is 5. The van der Waals surface area contributed by atoms with Gasteiger partial charge in [-0.2, -0.15) is 0 Å². The van der Waals surface area contributed by atoms with Crippen LogP contribution in [0.1, 0.15) is 0 Å². The normalized spacial score (nSPS) is 10.9. The Labute approximate surface area is 247 Å². The molecule has 0 N–H and O–H groups in total. The molecule has 0 fully saturated rings. The van der Waals surface area contributed by atoms with Crippen molar-refractivity contribution >= 4 is 0 Å². The minimum absolute atomic E-state index is 0.215. The molecule has 0 atom stereocenters. The molecule has 0 aliphatic heterocycles. The minimum atomic E-state index is -0.464. The van der Waals surface area contributed by atoms with E-state index in [0.717, 1.165) is 22.3 Å². The predicted molar refractivity (Wildman–Crippen MR) is 166 cm³/mol. The maximum absolute atomic E-state index is 15.6. The standard InChI is InChI=1S/C36H23FN6/c37-30-22-21-28(35-40-31(24-13-5-1-6-14-24)38-32(41-35)25-15-7-2-8-16-25)23-29(30)36-42-33(26-17-9-3-10-18-26)39-34(43-36)27-19-11-4-12-20-27/h1-23H. The van der Waals surface area contributed by atoms with Crippen molar-refractivity contribution in [3.05, 3.63) is 145 Å². The molecule has 5 aromatic carbocycles. The zero-order valence-corrected chi connectivity index (χ0v) is 22.8. The number of rotatable bonds is 6. The third-order valence-electron chi connectivity index (χ3n) is 6.86. The summed E-state index contributed by atoms with van der Waals surface area (Å²) in [4.78, 5) is 28.5. The summed E-state index contributed by atoms with van der Waals surface area (Å²) in [6, 6.07) is 43.4. The second-order valence-corrected chi connectivity index (χ2v) is 9.77. The van der Waals surface area contributed by atoms with E-state index in [2.05, 4.69) is 0 Å². The zero-order valence-electron chi connectivity index (χ0n) is 22.8. The smallest absolute Gasteiger partial charge is 0.167 e. The molecule has 0 radical (unpaired) electrons. The van der Waals surface area contributed by atoms with Crippen molar-refractivity contribution < 1.29 is 4.39 Å². The van der Waals surface area contributed by atoms with Gasteiger partial charge < -0.3 is 0 Å². The van der Waals surface area contributed by atoms with Gasteiger partial charge in [0.1, 0.15) is 5.82 Å². The fourth-order valence-electron chi connectivity index (χ4n) is 4.70. The second kappa shape index (κ2) is 11.5. The van der Waals surface area contributed by atoms with Crippen LogP contribution in [0.5, 0.6) is 0 Å². The first kappa shape index (κ1) is 26.0. The number of halogens is 1. The first-order valence-electron chi connectivity index (χ1n) is 13.8. The fourth-order valence-corrected chi connectivity index (χ4v) is 4.70. The third kappa shape index (κ3) is 5.52. The van der Waals surface area contributed by atoms with Crippen molar-refractivity contribution in [3.8, 4) is 68.3 Å². The minimum Gasteiger partial charge on any atom is -0.208 e. The van der Waals surface area contributed by atoms with Gasteiger partial charge in [-0.1, -0.05) is 121 Å². The van der Waals surface area contributed by atoms with E-state index in [1.807, 2.05) is 121 Å². The molecule has 6 nitrogen and oxygen atoms in total. The Hall–Kier alpha value is -5.95. The molecule has 0 unspecified atom stereocenters. The first-order chi connectivity index (χ1) is 21.2. The lowest BCUT2D eigenvalue weighted by Crippen LogP contribution is -2.03. The lowest BCUT2D eigenvalue weighted by atomic mass is 10.1. The van der Waals surface area contributed by atoms with Crippen LogP contribution in [0.15, 0.2) is 140 Å². The quantitative estimate of drug-likeness (QED) is 0.205. The molecule has 0 spiro atoms. The molecule has 7 heteroatoms. The van der Waals surface area contributed by atoms with Gasteiger partial charge in [0.05, 0.1) is 5.56 Å². The summed E-state index contributed by atoms with van der Waals surface area (Å²) >= 11 is 0. The molecule has 0 saturated carbocycles. The van der Waals surface area contributed by atoms with Crippen molar-refractivity contribution in [2.75, 3.05) is 0 Å². The maximum atomic E-state index is 15.6. The van der Waals surface area contributed by atoms with E-state index >= 15 is 4.39 Å². The van der Waals surface area contributed by atoms with E-state index in [0.29, 0.717) is 34.7 Å². The van der Waals surface area contributed by atoms with Crippen LogP contribution in [0.3, 0.4) is 0 Å². The van der Waals surface area contributed by atoms with Crippen molar-refractivity contribution in [2.24, 2.45) is 0 Å². The van der Waals surface area contributed by atoms with Gasteiger partial charge in [0.25, 0.3) is 0 Å². The van der Waals surface area contributed by atoms with Crippen LogP contribution in [0.2, 0.25) is 0 Å². The van der Waals surface area contributed by atoms with Crippen molar-refractivity contribution in [3.63, 3.8) is 0 Å². The van der Waals surface area contributed by atoms with Gasteiger partial charge in [-0.05, 0) is 18.2 Å². The van der Waals surface area contributed by atoms with Crippen LogP contribution >= 0.6 is 0 Å². The Bertz CT molecular complexity index is 1900. The lowest BCUT2D eigenvalue weighted by molar-refractivity contribution is 0.630. The summed E-state index contributed by atoms with van der Waals surface area (Å²) < 4.78 is 15.6. The van der Waals surface area contributed by atoms with E-state index < -0.39 is 5.82 Å². The molecule has 0 aliphatic carbocycles. The van der Waals surface area contributed by atoms with Crippen molar-refractivity contribution in [2.45, 2.75) is 0 Å². The highest BCUT2D eigenvalue weighted by atomic mass is 19.1. The van der Waals surface area contributed by atoms with Crippen molar-refractivity contribution in [1.82, 2.24) is 29.9 Å². The highest BCUT2D eigenvalue weighted by Gasteiger charge is 2.18. The van der Waals surface area contributed by atoms with E-state index in [9.17, 15) is 0 Å². The van der Waals surface area contributed by atoms with E-state index in [4.69, 9.17) is 29.9 Å². The number of hydrogen-bond donors (Lipinski definition) is 0. The summed E-state index contributed by atoms with van der Waals surface area (Å²) in [7, 11) is 0. The van der Waals surface area contributed by atoms with E-state index in [1.165, 1.54) is 6.07 Å². The van der Waals surface area contributed by atoms with Gasteiger partial charge in [-0.3, -0.25) is 0 Å². The number of hydrogen-bond acceptors (Lipinski definition) is 6. The summed E-state index contributed by atoms with van der Waals surface area (Å²) in [6.45, 7) is 0. The molecule has 0 aliphatic rings. The topological polar surface area (TPSA) is 77.3 Å². The van der Waals surface area contributed by atoms with E-state index in [1.54, 1.807) is 12.1 Å². The van der Waals surface area contributed by atoms with Crippen LogP contribution in [0.25, 0.3) is 68.3 Å². The Kier molecular flexibility index (Phi) is 6.95. The molecule has 43 heavy (non-hydrogen) atoms. The highest BCUT2D eigenvalue weighted by Crippen LogP contribution is 2.30. The average molecular weight is 559 g/mol. The summed E-state index contributed by atoms with van der Waals surface area (Å²) in [5.41, 5.74) is 4.13. The molecule has 7 aromatic rings. The van der Waals surface area contributed by atoms with Crippen molar-refractivity contribution in [1.29, 1.82) is 0 Å². The van der Waals surface area contributed by atoms with Gasteiger partial charge >= 0.3 is 0 Å². The summed E-state index contributed by atoms with van der Waals surface area (Å²) in [5, 5.41) is 0. The second-order valence-electron chi connectivity index (χ2n) is 9.77. The Balaban J connectivity index is 1.40. The Morgan fingerprint density at radius 1 is 0.302 bits per heavy atom. The number of nitrogens with zero attached hydrogens (tertiary/aromatic N) is 6. The van der Waals surface area contributed by atoms with Crippen LogP contribution in [0, 0.1) is 5.82 Å². The molecule has 204 valence electrons. The number of aromatic nitrogens is 6. The van der Waals surface area contributed by atoms with Gasteiger partial charge in [0.15, 0.2) is 34.9 Å². The molecule has 0 bridgehead atoms. The summed E-state index contributed by atoms with van der Waals surface area (Å²) in [5.74, 6) is 2.11.